The molecule has 2 heterocycles. The molecule has 0 fully saturated rings. The summed E-state index contributed by atoms with van der Waals surface area (Å²) in [5.41, 5.74) is 1.69. The Balaban J connectivity index is 2.19. The van der Waals surface area contributed by atoms with E-state index in [0.29, 0.717) is 6.54 Å². The molecule has 0 bridgehead atoms. The van der Waals surface area contributed by atoms with Gasteiger partial charge in [-0.05, 0) is 23.5 Å². The van der Waals surface area contributed by atoms with Gasteiger partial charge in [0, 0.05) is 13.2 Å². The number of hydrogen-bond acceptors (Lipinski definition) is 5. The zero-order valence-corrected chi connectivity index (χ0v) is 10.1. The second-order valence-corrected chi connectivity index (χ2v) is 3.86. The molecule has 0 aliphatic heterocycles. The van der Waals surface area contributed by atoms with Crippen molar-refractivity contribution < 1.29 is 4.92 Å². The molecule has 0 aliphatic carbocycles. The molecule has 0 radical (unpaired) electrons. The van der Waals surface area contributed by atoms with Crippen LogP contribution in [0, 0.1) is 17.0 Å². The first-order chi connectivity index (χ1) is 8.60. The Morgan fingerprint density at radius 3 is 2.78 bits per heavy atom. The Bertz CT molecular complexity index is 561. The lowest BCUT2D eigenvalue weighted by Crippen LogP contribution is -2.05. The fourth-order valence-electron chi connectivity index (χ4n) is 1.58. The predicted molar refractivity (Wildman–Crippen MR) is 66.5 cm³/mol. The van der Waals surface area contributed by atoms with Gasteiger partial charge in [0.15, 0.2) is 0 Å². The van der Waals surface area contributed by atoms with Crippen molar-refractivity contribution >= 4 is 11.6 Å². The van der Waals surface area contributed by atoms with Crippen molar-refractivity contribution in [1.82, 2.24) is 14.8 Å². The topological polar surface area (TPSA) is 85.9 Å². The highest BCUT2D eigenvalue weighted by atomic mass is 16.6. The van der Waals surface area contributed by atoms with E-state index in [9.17, 15) is 10.1 Å². The molecule has 0 saturated carbocycles. The molecule has 2 rings (SSSR count). The zero-order valence-electron chi connectivity index (χ0n) is 10.1. The van der Waals surface area contributed by atoms with Crippen LogP contribution in [0.5, 0.6) is 0 Å². The maximum absolute atomic E-state index is 10.6. The van der Waals surface area contributed by atoms with Gasteiger partial charge in [0.1, 0.15) is 5.82 Å². The van der Waals surface area contributed by atoms with Crippen LogP contribution in [0.4, 0.5) is 11.6 Å². The average molecular weight is 247 g/mol. The quantitative estimate of drug-likeness (QED) is 0.654. The van der Waals surface area contributed by atoms with Crippen LogP contribution in [0.2, 0.25) is 0 Å². The SMILES string of the molecule is CNc1ccc(Cn2nc([N+](=O)[O-])cc2C)cn1. The van der Waals surface area contributed by atoms with Gasteiger partial charge in [-0.15, -0.1) is 0 Å². The van der Waals surface area contributed by atoms with E-state index in [2.05, 4.69) is 15.4 Å². The van der Waals surface area contributed by atoms with Gasteiger partial charge in [-0.25, -0.2) is 4.98 Å². The number of rotatable bonds is 4. The molecule has 0 amide bonds. The summed E-state index contributed by atoms with van der Waals surface area (Å²) in [6.45, 7) is 2.26. The second-order valence-electron chi connectivity index (χ2n) is 3.86. The minimum atomic E-state index is -0.494. The highest BCUT2D eigenvalue weighted by molar-refractivity contribution is 5.34. The van der Waals surface area contributed by atoms with Crippen molar-refractivity contribution in [3.63, 3.8) is 0 Å². The van der Waals surface area contributed by atoms with E-state index in [1.807, 2.05) is 12.1 Å². The molecule has 1 N–H and O–H groups in total. The summed E-state index contributed by atoms with van der Waals surface area (Å²) < 4.78 is 1.59. The van der Waals surface area contributed by atoms with Gasteiger partial charge in [-0.2, -0.15) is 4.68 Å². The number of hydrogen-bond donors (Lipinski definition) is 1. The van der Waals surface area contributed by atoms with E-state index in [1.54, 1.807) is 24.9 Å². The van der Waals surface area contributed by atoms with Crippen LogP contribution >= 0.6 is 0 Å². The Morgan fingerprint density at radius 1 is 1.50 bits per heavy atom. The molecule has 18 heavy (non-hydrogen) atoms. The maximum Gasteiger partial charge on any atom is 0.390 e. The van der Waals surface area contributed by atoms with Gasteiger partial charge in [0.05, 0.1) is 23.4 Å². The fraction of sp³-hybridized carbons (Fsp3) is 0.273. The Morgan fingerprint density at radius 2 is 2.28 bits per heavy atom. The minimum absolute atomic E-state index is 0.132. The average Bonchev–Trinajstić information content (AvgIpc) is 2.72. The standard InChI is InChI=1S/C11H13N5O2/c1-8-5-11(16(17)18)14-15(8)7-9-3-4-10(12-2)13-6-9/h3-6H,7H2,1-2H3,(H,12,13). The molecule has 2 aromatic rings. The minimum Gasteiger partial charge on any atom is -0.373 e. The van der Waals surface area contributed by atoms with Crippen LogP contribution in [-0.2, 0) is 6.54 Å². The van der Waals surface area contributed by atoms with Gasteiger partial charge < -0.3 is 15.4 Å². The van der Waals surface area contributed by atoms with Gasteiger partial charge in [-0.1, -0.05) is 6.07 Å². The molecule has 0 aromatic carbocycles. The van der Waals surface area contributed by atoms with Crippen molar-refractivity contribution in [2.45, 2.75) is 13.5 Å². The summed E-state index contributed by atoms with van der Waals surface area (Å²) in [5, 5.41) is 17.5. The lowest BCUT2D eigenvalue weighted by atomic mass is 10.3. The van der Waals surface area contributed by atoms with Crippen LogP contribution in [-0.4, -0.2) is 26.7 Å². The predicted octanol–water partition coefficient (Wildman–Crippen LogP) is 1.58. The first-order valence-electron chi connectivity index (χ1n) is 5.41. The molecule has 0 saturated heterocycles. The zero-order chi connectivity index (χ0) is 13.1. The number of aryl methyl sites for hydroxylation is 1. The van der Waals surface area contributed by atoms with Crippen LogP contribution in [0.3, 0.4) is 0 Å². The summed E-state index contributed by atoms with van der Waals surface area (Å²) in [6, 6.07) is 5.21. The third-order valence-corrected chi connectivity index (χ3v) is 2.57. The summed E-state index contributed by atoms with van der Waals surface area (Å²) in [6.07, 6.45) is 1.72. The van der Waals surface area contributed by atoms with E-state index in [1.165, 1.54) is 6.07 Å². The number of nitrogens with one attached hydrogen (secondary N) is 1. The van der Waals surface area contributed by atoms with Crippen molar-refractivity contribution in [3.05, 3.63) is 45.8 Å². The molecule has 2 aromatic heterocycles. The normalized spacial score (nSPS) is 10.3. The Hall–Kier alpha value is -2.44. The van der Waals surface area contributed by atoms with Crippen molar-refractivity contribution in [1.29, 1.82) is 0 Å². The Kier molecular flexibility index (Phi) is 3.22. The van der Waals surface area contributed by atoms with Crippen molar-refractivity contribution in [2.75, 3.05) is 12.4 Å². The molecular weight excluding hydrogens is 234 g/mol. The molecule has 0 atom stereocenters. The lowest BCUT2D eigenvalue weighted by Gasteiger charge is -2.02. The molecule has 94 valence electrons. The molecule has 7 heteroatoms. The van der Waals surface area contributed by atoms with Gasteiger partial charge in [0.25, 0.3) is 0 Å². The van der Waals surface area contributed by atoms with Crippen LogP contribution in [0.25, 0.3) is 0 Å². The third-order valence-electron chi connectivity index (χ3n) is 2.57. The van der Waals surface area contributed by atoms with Gasteiger partial charge in [0.2, 0.25) is 0 Å². The molecule has 7 nitrogen and oxygen atoms in total. The number of nitro groups is 1. The monoisotopic (exact) mass is 247 g/mol. The van der Waals surface area contributed by atoms with Gasteiger partial charge in [-0.3, -0.25) is 0 Å². The first-order valence-corrected chi connectivity index (χ1v) is 5.41. The molecule has 0 aliphatic rings. The van der Waals surface area contributed by atoms with Gasteiger partial charge >= 0.3 is 5.82 Å². The summed E-state index contributed by atoms with van der Waals surface area (Å²) in [7, 11) is 1.79. The van der Waals surface area contributed by atoms with E-state index < -0.39 is 4.92 Å². The van der Waals surface area contributed by atoms with E-state index in [-0.39, 0.29) is 5.82 Å². The largest absolute Gasteiger partial charge is 0.390 e. The molecule has 0 spiro atoms. The second kappa shape index (κ2) is 4.82. The summed E-state index contributed by atoms with van der Waals surface area (Å²) in [5.74, 6) is 0.647. The highest BCUT2D eigenvalue weighted by Crippen LogP contribution is 2.13. The van der Waals surface area contributed by atoms with Crippen LogP contribution in [0.15, 0.2) is 24.4 Å². The summed E-state index contributed by atoms with van der Waals surface area (Å²) in [4.78, 5) is 14.3. The number of pyridine rings is 1. The number of anilines is 1. The molecule has 0 unspecified atom stereocenters. The van der Waals surface area contributed by atoms with Crippen LogP contribution in [0.1, 0.15) is 11.3 Å². The maximum atomic E-state index is 10.6. The number of nitrogens with zero attached hydrogens (tertiary/aromatic N) is 4. The smallest absolute Gasteiger partial charge is 0.373 e. The fourth-order valence-corrected chi connectivity index (χ4v) is 1.58. The molecular formula is C11H13N5O2. The first kappa shape index (κ1) is 12.0. The highest BCUT2D eigenvalue weighted by Gasteiger charge is 2.15. The number of aromatic nitrogens is 3. The Labute approximate surface area is 104 Å². The van der Waals surface area contributed by atoms with Crippen molar-refractivity contribution in [3.8, 4) is 0 Å². The summed E-state index contributed by atoms with van der Waals surface area (Å²) >= 11 is 0. The van der Waals surface area contributed by atoms with E-state index in [0.717, 1.165) is 17.1 Å². The van der Waals surface area contributed by atoms with Crippen molar-refractivity contribution in [2.24, 2.45) is 0 Å². The van der Waals surface area contributed by atoms with E-state index >= 15 is 0 Å². The van der Waals surface area contributed by atoms with E-state index in [4.69, 9.17) is 0 Å². The third kappa shape index (κ3) is 2.45. The van der Waals surface area contributed by atoms with Crippen LogP contribution < -0.4 is 5.32 Å². The lowest BCUT2D eigenvalue weighted by molar-refractivity contribution is -0.389.